The zero-order valence-electron chi connectivity index (χ0n) is 33.7. The van der Waals surface area contributed by atoms with Crippen LogP contribution in [-0.2, 0) is 0 Å². The fourth-order valence-electron chi connectivity index (χ4n) is 8.57. The monoisotopic (exact) mass is 762 g/mol. The Morgan fingerprint density at radius 1 is 0.414 bits per heavy atom. The Morgan fingerprint density at radius 2 is 0.776 bits per heavy atom. The summed E-state index contributed by atoms with van der Waals surface area (Å²) in [6.45, 7) is 5.76. The first kappa shape index (κ1) is 37.6. The molecule has 0 unspecified atom stereocenters. The molecule has 290 valence electrons. The lowest BCUT2D eigenvalue weighted by molar-refractivity contribution is 0.299. The van der Waals surface area contributed by atoms with Crippen LogP contribution >= 0.6 is 0 Å². The highest BCUT2D eigenvalue weighted by atomic mass is 16.5. The highest BCUT2D eigenvalue weighted by Gasteiger charge is 2.27. The van der Waals surface area contributed by atoms with Crippen molar-refractivity contribution in [2.45, 2.75) is 65.2 Å². The number of rotatable bonds is 16. The lowest BCUT2D eigenvalue weighted by Crippen LogP contribution is -2.47. The number of ether oxygens (including phenoxy) is 2. The van der Waals surface area contributed by atoms with Crippen LogP contribution in [0.3, 0.4) is 0 Å². The Kier molecular flexibility index (Phi) is 11.2. The molecule has 9 rings (SSSR count). The van der Waals surface area contributed by atoms with E-state index in [0.29, 0.717) is 13.2 Å². The van der Waals surface area contributed by atoms with E-state index in [1.807, 2.05) is 0 Å². The first-order valence-electron chi connectivity index (χ1n) is 21.4. The van der Waals surface area contributed by atoms with Crippen molar-refractivity contribution in [3.8, 4) is 33.8 Å². The van der Waals surface area contributed by atoms with Gasteiger partial charge in [0.15, 0.2) is 0 Å². The fraction of sp³-hybridized carbons (Fsp3) is 0.240. The smallest absolute Gasteiger partial charge is 0.406 e. The molecule has 0 bridgehead atoms. The van der Waals surface area contributed by atoms with Crippen molar-refractivity contribution in [1.29, 1.82) is 0 Å². The molecule has 58 heavy (non-hydrogen) atoms. The van der Waals surface area contributed by atoms with E-state index < -0.39 is 0 Å². The molecule has 7 aromatic rings. The number of benzene rings is 7. The quantitative estimate of drug-likeness (QED) is 0.0581. The summed E-state index contributed by atoms with van der Waals surface area (Å²) in [5.74, 6) is 1.77. The van der Waals surface area contributed by atoms with E-state index in [2.05, 4.69) is 168 Å². The van der Waals surface area contributed by atoms with Crippen molar-refractivity contribution in [2.24, 2.45) is 0 Å². The van der Waals surface area contributed by atoms with Gasteiger partial charge in [0.2, 0.25) is 0 Å². The molecule has 0 aromatic heterocycles. The molecule has 4 N–H and O–H groups in total. The van der Waals surface area contributed by atoms with Gasteiger partial charge < -0.3 is 30.4 Å². The van der Waals surface area contributed by atoms with E-state index in [-0.39, 0.29) is 14.0 Å². The van der Waals surface area contributed by atoms with Crippen molar-refractivity contribution in [3.63, 3.8) is 0 Å². The molecule has 0 saturated heterocycles. The largest absolute Gasteiger partial charge is 0.493 e. The second kappa shape index (κ2) is 17.2. The highest BCUT2D eigenvalue weighted by Crippen LogP contribution is 2.42. The van der Waals surface area contributed by atoms with Crippen LogP contribution in [0.25, 0.3) is 43.8 Å². The maximum Gasteiger partial charge on any atom is 0.406 e. The molecular formula is C50H52B2N4O2. The topological polar surface area (TPSA) is 66.6 Å². The zero-order chi connectivity index (χ0) is 39.3. The Bertz CT molecular complexity index is 2270. The van der Waals surface area contributed by atoms with Crippen molar-refractivity contribution < 1.29 is 9.47 Å². The molecule has 0 aliphatic carbocycles. The van der Waals surface area contributed by atoms with Gasteiger partial charge in [-0.15, -0.1) is 0 Å². The Balaban J connectivity index is 1.03. The lowest BCUT2D eigenvalue weighted by Gasteiger charge is -2.27. The van der Waals surface area contributed by atoms with Gasteiger partial charge in [-0.1, -0.05) is 149 Å². The molecule has 7 aromatic carbocycles. The van der Waals surface area contributed by atoms with Gasteiger partial charge in [0.05, 0.1) is 13.2 Å². The molecular weight excluding hydrogens is 710 g/mol. The summed E-state index contributed by atoms with van der Waals surface area (Å²) in [5.41, 5.74) is 11.3. The molecule has 8 heteroatoms. The zero-order valence-corrected chi connectivity index (χ0v) is 33.7. The third kappa shape index (κ3) is 7.80. The third-order valence-corrected chi connectivity index (χ3v) is 11.7. The van der Waals surface area contributed by atoms with E-state index in [9.17, 15) is 0 Å². The molecule has 0 atom stereocenters. The van der Waals surface area contributed by atoms with Crippen LogP contribution in [0.2, 0.25) is 0 Å². The molecule has 2 aliphatic heterocycles. The van der Waals surface area contributed by atoms with Gasteiger partial charge in [-0.3, -0.25) is 0 Å². The van der Waals surface area contributed by atoms with Crippen LogP contribution in [0.5, 0.6) is 11.5 Å². The summed E-state index contributed by atoms with van der Waals surface area (Å²) in [5, 5.41) is 19.9. The van der Waals surface area contributed by atoms with Crippen molar-refractivity contribution >= 4 is 69.2 Å². The van der Waals surface area contributed by atoms with E-state index in [1.54, 1.807) is 0 Å². The van der Waals surface area contributed by atoms with Gasteiger partial charge in [-0.05, 0) is 82.1 Å². The second-order valence-electron chi connectivity index (χ2n) is 15.8. The molecule has 0 radical (unpaired) electrons. The van der Waals surface area contributed by atoms with E-state index >= 15 is 0 Å². The summed E-state index contributed by atoms with van der Waals surface area (Å²) >= 11 is 0. The van der Waals surface area contributed by atoms with Gasteiger partial charge in [0.25, 0.3) is 0 Å². The second-order valence-corrected chi connectivity index (χ2v) is 15.8. The minimum Gasteiger partial charge on any atom is -0.493 e. The summed E-state index contributed by atoms with van der Waals surface area (Å²) < 4.78 is 13.4. The van der Waals surface area contributed by atoms with Crippen LogP contribution in [0.15, 0.2) is 133 Å². The average molecular weight is 763 g/mol. The van der Waals surface area contributed by atoms with Crippen LogP contribution in [0.1, 0.15) is 65.2 Å². The first-order valence-corrected chi connectivity index (χ1v) is 21.4. The number of hydrogen-bond donors (Lipinski definition) is 4. The molecule has 2 aliphatic rings. The first-order chi connectivity index (χ1) is 28.7. The van der Waals surface area contributed by atoms with Gasteiger partial charge in [0.1, 0.15) is 11.5 Å². The van der Waals surface area contributed by atoms with Crippen molar-refractivity contribution in [1.82, 2.24) is 0 Å². The number of nitrogens with one attached hydrogen (secondary N) is 4. The number of unbranched alkanes of at least 4 members (excludes halogenated alkanes) is 6. The number of anilines is 4. The fourth-order valence-corrected chi connectivity index (χ4v) is 8.57. The third-order valence-electron chi connectivity index (χ3n) is 11.7. The van der Waals surface area contributed by atoms with Crippen molar-refractivity contribution in [2.75, 3.05) is 34.1 Å². The van der Waals surface area contributed by atoms with Gasteiger partial charge >= 0.3 is 14.0 Å². The average Bonchev–Trinajstić information content (AvgIpc) is 3.27. The van der Waals surface area contributed by atoms with Crippen LogP contribution in [-0.4, -0.2) is 27.2 Å². The van der Waals surface area contributed by atoms with E-state index in [1.165, 1.54) is 58.2 Å². The molecule has 2 heterocycles. The molecule has 0 fully saturated rings. The Hall–Kier alpha value is -6.01. The maximum atomic E-state index is 6.71. The van der Waals surface area contributed by atoms with Gasteiger partial charge in [-0.2, -0.15) is 0 Å². The van der Waals surface area contributed by atoms with Crippen LogP contribution in [0.4, 0.5) is 22.7 Å². The highest BCUT2D eigenvalue weighted by molar-refractivity contribution is 6.80. The maximum absolute atomic E-state index is 6.71. The standard InChI is InChI=1S/C50H52B2N4O2/c1-3-5-7-9-31-57-47-33-42(36-25-29-40(30-26-36)52-55-45-21-13-17-38-18-14-22-46(56-52)50(38)45)48(58-32-10-8-6-4-2)34-41(47)35-23-27-39(28-24-35)51-53-43-19-11-15-37-16-12-20-44(54-51)49(37)43/h11-30,33-34,53-56H,3-10,31-32H2,1-2H3. The normalized spacial score (nSPS) is 12.8. The molecule has 0 spiro atoms. The Labute approximate surface area is 344 Å². The Morgan fingerprint density at radius 3 is 1.12 bits per heavy atom. The van der Waals surface area contributed by atoms with E-state index in [0.717, 1.165) is 82.2 Å². The predicted molar refractivity (Wildman–Crippen MR) is 250 cm³/mol. The van der Waals surface area contributed by atoms with Gasteiger partial charge in [-0.25, -0.2) is 0 Å². The molecule has 0 amide bonds. The number of hydrogen-bond acceptors (Lipinski definition) is 6. The lowest BCUT2D eigenvalue weighted by atomic mass is 9.66. The van der Waals surface area contributed by atoms with Crippen molar-refractivity contribution in [3.05, 3.63) is 133 Å². The van der Waals surface area contributed by atoms with E-state index in [4.69, 9.17) is 9.47 Å². The van der Waals surface area contributed by atoms with Crippen LogP contribution in [0, 0.1) is 0 Å². The summed E-state index contributed by atoms with van der Waals surface area (Å²) in [7, 11) is 0. The summed E-state index contributed by atoms with van der Waals surface area (Å²) in [4.78, 5) is 0. The molecule has 6 nitrogen and oxygen atoms in total. The van der Waals surface area contributed by atoms with Crippen LogP contribution < -0.4 is 41.3 Å². The van der Waals surface area contributed by atoms with Gasteiger partial charge in [0, 0.05) is 44.6 Å². The summed E-state index contributed by atoms with van der Waals surface area (Å²) in [6, 6.07) is 48.0. The minimum atomic E-state index is -0.0429. The summed E-state index contributed by atoms with van der Waals surface area (Å²) in [6.07, 6.45) is 9.20. The minimum absolute atomic E-state index is 0.0429. The predicted octanol–water partition coefficient (Wildman–Crippen LogP) is 11.7. The SMILES string of the molecule is CCCCCCOc1cc(-c2ccc(B3Nc4cccc5cccc(c45)N3)cc2)c(OCCCCCC)cc1-c1ccc(B2Nc3cccc4cccc(c34)N2)cc1. The molecule has 0 saturated carbocycles.